The molecule has 0 unspecified atom stereocenters. The topological polar surface area (TPSA) is 52.9 Å². The van der Waals surface area contributed by atoms with Crippen molar-refractivity contribution in [2.75, 3.05) is 0 Å². The fourth-order valence-corrected chi connectivity index (χ4v) is 1.48. The summed E-state index contributed by atoms with van der Waals surface area (Å²) in [5.41, 5.74) is 0.335. The number of amides is 1. The van der Waals surface area contributed by atoms with E-state index in [1.54, 1.807) is 19.9 Å². The Bertz CT molecular complexity index is 480. The molecule has 0 aliphatic heterocycles. The number of hydrogen-bond acceptors (Lipinski definition) is 2. The molecule has 0 aromatic heterocycles. The Kier molecular flexibility index (Phi) is 4.47. The highest BCUT2D eigenvalue weighted by molar-refractivity contribution is 6.32. The third-order valence-electron chi connectivity index (χ3n) is 2.26. The zero-order valence-corrected chi connectivity index (χ0v) is 10.3. The zero-order chi connectivity index (χ0) is 13.0. The molecule has 5 heteroatoms. The van der Waals surface area contributed by atoms with E-state index >= 15 is 0 Å². The highest BCUT2D eigenvalue weighted by atomic mass is 35.5. The van der Waals surface area contributed by atoms with Crippen molar-refractivity contribution in [2.24, 2.45) is 5.92 Å². The number of benzene rings is 1. The lowest BCUT2D eigenvalue weighted by Gasteiger charge is -2.10. The number of rotatable bonds is 3. The van der Waals surface area contributed by atoms with Gasteiger partial charge in [0, 0.05) is 12.5 Å². The van der Waals surface area contributed by atoms with Gasteiger partial charge < -0.3 is 5.32 Å². The minimum Gasteiger partial charge on any atom is -0.352 e. The number of hydrogen-bond donors (Lipinski definition) is 1. The molecule has 0 aliphatic rings. The fraction of sp³-hybridized carbons (Fsp3) is 0.333. The maximum atomic E-state index is 13.2. The van der Waals surface area contributed by atoms with Crippen LogP contribution in [0.5, 0.6) is 0 Å². The highest BCUT2D eigenvalue weighted by Crippen LogP contribution is 2.23. The van der Waals surface area contributed by atoms with Crippen LogP contribution in [0.4, 0.5) is 4.39 Å². The van der Waals surface area contributed by atoms with Crippen LogP contribution in [0.3, 0.4) is 0 Å². The largest absolute Gasteiger partial charge is 0.352 e. The van der Waals surface area contributed by atoms with E-state index in [-0.39, 0.29) is 29.0 Å². The first-order valence-electron chi connectivity index (χ1n) is 5.12. The summed E-state index contributed by atoms with van der Waals surface area (Å²) in [4.78, 5) is 11.4. The molecule has 0 aliphatic carbocycles. The fourth-order valence-electron chi connectivity index (χ4n) is 1.22. The lowest BCUT2D eigenvalue weighted by atomic mass is 10.1. The van der Waals surface area contributed by atoms with Crippen LogP contribution in [0.15, 0.2) is 12.1 Å². The third kappa shape index (κ3) is 3.18. The molecule has 1 aromatic rings. The van der Waals surface area contributed by atoms with Gasteiger partial charge in [0.15, 0.2) is 0 Å². The van der Waals surface area contributed by atoms with E-state index in [4.69, 9.17) is 16.9 Å². The highest BCUT2D eigenvalue weighted by Gasteiger charge is 2.13. The van der Waals surface area contributed by atoms with Crippen molar-refractivity contribution < 1.29 is 9.18 Å². The number of halogens is 2. The van der Waals surface area contributed by atoms with Crippen LogP contribution >= 0.6 is 11.6 Å². The van der Waals surface area contributed by atoms with E-state index in [0.29, 0.717) is 5.56 Å². The summed E-state index contributed by atoms with van der Waals surface area (Å²) >= 11 is 5.86. The van der Waals surface area contributed by atoms with E-state index in [9.17, 15) is 9.18 Å². The molecule has 17 heavy (non-hydrogen) atoms. The second kappa shape index (κ2) is 5.65. The molecule has 0 saturated heterocycles. The zero-order valence-electron chi connectivity index (χ0n) is 9.55. The normalized spacial score (nSPS) is 10.1. The second-order valence-corrected chi connectivity index (χ2v) is 4.26. The summed E-state index contributed by atoms with van der Waals surface area (Å²) in [6.07, 6.45) is 0. The Hall–Kier alpha value is -1.60. The van der Waals surface area contributed by atoms with Crippen molar-refractivity contribution in [3.8, 4) is 6.07 Å². The minimum atomic E-state index is -0.656. The van der Waals surface area contributed by atoms with Gasteiger partial charge in [-0.3, -0.25) is 4.79 Å². The van der Waals surface area contributed by atoms with Gasteiger partial charge in [0.05, 0.1) is 5.02 Å². The van der Waals surface area contributed by atoms with Crippen molar-refractivity contribution in [3.05, 3.63) is 34.1 Å². The van der Waals surface area contributed by atoms with Crippen LogP contribution in [0.2, 0.25) is 5.02 Å². The summed E-state index contributed by atoms with van der Waals surface area (Å²) in [6, 6.07) is 4.32. The van der Waals surface area contributed by atoms with Crippen LogP contribution < -0.4 is 5.32 Å². The average Bonchev–Trinajstić information content (AvgIpc) is 2.28. The van der Waals surface area contributed by atoms with Crippen molar-refractivity contribution in [3.63, 3.8) is 0 Å². The Balaban J connectivity index is 2.87. The molecule has 1 aromatic carbocycles. The van der Waals surface area contributed by atoms with Crippen molar-refractivity contribution in [1.29, 1.82) is 5.26 Å². The summed E-state index contributed by atoms with van der Waals surface area (Å²) in [7, 11) is 0. The molecular formula is C12H12ClFN2O. The van der Waals surface area contributed by atoms with Gasteiger partial charge in [-0.05, 0) is 11.6 Å². The Morgan fingerprint density at radius 1 is 1.59 bits per heavy atom. The van der Waals surface area contributed by atoms with Crippen molar-refractivity contribution in [2.45, 2.75) is 20.4 Å². The molecule has 0 saturated carbocycles. The van der Waals surface area contributed by atoms with Gasteiger partial charge in [-0.2, -0.15) is 5.26 Å². The SMILES string of the molecule is CC(C)C(=O)NCc1ccc(F)c(C#N)c1Cl. The van der Waals surface area contributed by atoms with E-state index in [1.165, 1.54) is 12.1 Å². The lowest BCUT2D eigenvalue weighted by molar-refractivity contribution is -0.124. The van der Waals surface area contributed by atoms with E-state index in [2.05, 4.69) is 5.32 Å². The molecule has 0 radical (unpaired) electrons. The molecule has 0 bridgehead atoms. The van der Waals surface area contributed by atoms with Gasteiger partial charge in [-0.1, -0.05) is 31.5 Å². The van der Waals surface area contributed by atoms with Gasteiger partial charge in [-0.25, -0.2) is 4.39 Å². The predicted octanol–water partition coefficient (Wildman–Crippen LogP) is 2.62. The van der Waals surface area contributed by atoms with Gasteiger partial charge in [0.2, 0.25) is 5.91 Å². The predicted molar refractivity (Wildman–Crippen MR) is 62.8 cm³/mol. The first-order chi connectivity index (χ1) is 7.97. The maximum Gasteiger partial charge on any atom is 0.222 e. The van der Waals surface area contributed by atoms with Gasteiger partial charge in [0.25, 0.3) is 0 Å². The smallest absolute Gasteiger partial charge is 0.222 e. The van der Waals surface area contributed by atoms with Gasteiger partial charge in [-0.15, -0.1) is 0 Å². The molecule has 0 heterocycles. The summed E-state index contributed by atoms with van der Waals surface area (Å²) < 4.78 is 13.2. The monoisotopic (exact) mass is 254 g/mol. The molecule has 3 nitrogen and oxygen atoms in total. The summed E-state index contributed by atoms with van der Waals surface area (Å²) in [6.45, 7) is 3.72. The van der Waals surface area contributed by atoms with Crippen LogP contribution in [-0.2, 0) is 11.3 Å². The molecular weight excluding hydrogens is 243 g/mol. The molecule has 0 spiro atoms. The van der Waals surface area contributed by atoms with Crippen LogP contribution in [0, 0.1) is 23.1 Å². The minimum absolute atomic E-state index is 0.0524. The van der Waals surface area contributed by atoms with E-state index < -0.39 is 5.82 Å². The first-order valence-corrected chi connectivity index (χ1v) is 5.49. The quantitative estimate of drug-likeness (QED) is 0.902. The maximum absolute atomic E-state index is 13.2. The van der Waals surface area contributed by atoms with E-state index in [0.717, 1.165) is 0 Å². The number of nitrogens with one attached hydrogen (secondary N) is 1. The average molecular weight is 255 g/mol. The van der Waals surface area contributed by atoms with Crippen molar-refractivity contribution in [1.82, 2.24) is 5.32 Å². The molecule has 1 rings (SSSR count). The number of carbonyl (C=O) groups excluding carboxylic acids is 1. The molecule has 1 N–H and O–H groups in total. The Labute approximate surface area is 104 Å². The lowest BCUT2D eigenvalue weighted by Crippen LogP contribution is -2.27. The molecule has 90 valence electrons. The summed E-state index contributed by atoms with van der Waals surface area (Å²) in [5.74, 6) is -0.912. The summed E-state index contributed by atoms with van der Waals surface area (Å²) in [5, 5.41) is 11.4. The Morgan fingerprint density at radius 2 is 2.24 bits per heavy atom. The van der Waals surface area contributed by atoms with Crippen LogP contribution in [0.1, 0.15) is 25.0 Å². The van der Waals surface area contributed by atoms with E-state index in [1.807, 2.05) is 0 Å². The third-order valence-corrected chi connectivity index (χ3v) is 2.69. The molecule has 1 amide bonds. The number of carbonyl (C=O) groups is 1. The van der Waals surface area contributed by atoms with Crippen LogP contribution in [-0.4, -0.2) is 5.91 Å². The number of nitriles is 1. The Morgan fingerprint density at radius 3 is 2.76 bits per heavy atom. The van der Waals surface area contributed by atoms with Gasteiger partial charge >= 0.3 is 0 Å². The van der Waals surface area contributed by atoms with Gasteiger partial charge in [0.1, 0.15) is 17.4 Å². The number of nitrogens with zero attached hydrogens (tertiary/aromatic N) is 1. The second-order valence-electron chi connectivity index (χ2n) is 3.88. The molecule has 0 atom stereocenters. The molecule has 0 fully saturated rings. The van der Waals surface area contributed by atoms with Crippen molar-refractivity contribution >= 4 is 17.5 Å². The first kappa shape index (κ1) is 13.5. The van der Waals surface area contributed by atoms with Crippen LogP contribution in [0.25, 0.3) is 0 Å². The standard InChI is InChI=1S/C12H12ClFN2O/c1-7(2)12(17)16-6-8-3-4-10(14)9(5-15)11(8)13/h3-4,7H,6H2,1-2H3,(H,16,17).